The Hall–Kier alpha value is -3.83. The molecule has 36 heavy (non-hydrogen) atoms. The first-order valence-electron chi connectivity index (χ1n) is 11.7. The smallest absolute Gasteiger partial charge is 0.449 e. The average Bonchev–Trinajstić information content (AvgIpc) is 3.63. The second kappa shape index (κ2) is 9.67. The maximum Gasteiger partial charge on any atom is 0.511 e. The number of fused-ring (bicyclic) bond motifs is 1. The lowest BCUT2D eigenvalue weighted by atomic mass is 10.1. The quantitative estimate of drug-likeness (QED) is 0.595. The number of halogens is 1. The molecule has 1 aliphatic carbocycles. The van der Waals surface area contributed by atoms with Crippen molar-refractivity contribution in [1.29, 1.82) is 0 Å². The number of carbonyl (C=O) groups excluding carboxylic acids is 2. The lowest BCUT2D eigenvalue weighted by molar-refractivity contribution is -0.130. The summed E-state index contributed by atoms with van der Waals surface area (Å²) < 4.78 is 26.7. The Morgan fingerprint density at radius 2 is 1.81 bits per heavy atom. The molecule has 4 rings (SSSR count). The van der Waals surface area contributed by atoms with Gasteiger partial charge in [-0.2, -0.15) is 0 Å². The number of carboxylic acid groups (broad SMARTS) is 1. The number of rotatable bonds is 5. The van der Waals surface area contributed by atoms with E-state index >= 15 is 4.39 Å². The van der Waals surface area contributed by atoms with Crippen molar-refractivity contribution >= 4 is 34.7 Å². The molecule has 0 atom stereocenters. The maximum atomic E-state index is 15.1. The van der Waals surface area contributed by atoms with Gasteiger partial charge in [0.1, 0.15) is 18.0 Å². The van der Waals surface area contributed by atoms with Gasteiger partial charge in [-0.15, -0.1) is 0 Å². The van der Waals surface area contributed by atoms with Crippen LogP contribution in [0.25, 0.3) is 10.9 Å². The Labute approximate surface area is 206 Å². The first-order valence-corrected chi connectivity index (χ1v) is 11.7. The third-order valence-electron chi connectivity index (χ3n) is 5.96. The van der Waals surface area contributed by atoms with Gasteiger partial charge in [0.05, 0.1) is 22.8 Å². The van der Waals surface area contributed by atoms with Crippen molar-refractivity contribution in [3.8, 4) is 5.75 Å². The number of ether oxygens (including phenoxy) is 2. The molecule has 194 valence electrons. The number of piperazine rings is 1. The van der Waals surface area contributed by atoms with Crippen molar-refractivity contribution in [1.82, 2.24) is 14.8 Å². The number of nitrogens with zero attached hydrogens (tertiary/aromatic N) is 3. The van der Waals surface area contributed by atoms with Crippen molar-refractivity contribution in [2.24, 2.45) is 0 Å². The predicted octanol–water partition coefficient (Wildman–Crippen LogP) is 2.71. The van der Waals surface area contributed by atoms with E-state index in [1.165, 1.54) is 6.20 Å². The number of nitrogens with one attached hydrogen (secondary N) is 1. The summed E-state index contributed by atoms with van der Waals surface area (Å²) >= 11 is 0. The number of pyridine rings is 1. The Morgan fingerprint density at radius 3 is 2.39 bits per heavy atom. The van der Waals surface area contributed by atoms with Crippen molar-refractivity contribution in [3.63, 3.8) is 0 Å². The molecule has 0 unspecified atom stereocenters. The van der Waals surface area contributed by atoms with Crippen LogP contribution in [0.5, 0.6) is 5.75 Å². The molecule has 1 saturated heterocycles. The van der Waals surface area contributed by atoms with E-state index in [1.54, 1.807) is 41.2 Å². The summed E-state index contributed by atoms with van der Waals surface area (Å²) in [7, 11) is 0. The largest absolute Gasteiger partial charge is 0.511 e. The number of benzene rings is 1. The van der Waals surface area contributed by atoms with Gasteiger partial charge in [-0.05, 0) is 45.7 Å². The SMILES string of the molecule is CC(C)(C)OC(=O)NCC(=O)N1CCN(c2cc3c(cc2F)c(=O)c(OC(=O)O)cn3C2CC2)CC1. The van der Waals surface area contributed by atoms with Crippen molar-refractivity contribution < 1.29 is 33.4 Å². The second-order valence-electron chi connectivity index (χ2n) is 9.87. The number of carbonyl (C=O) groups is 3. The highest BCUT2D eigenvalue weighted by molar-refractivity contribution is 5.85. The number of alkyl carbamates (subject to hydrolysis) is 1. The van der Waals surface area contributed by atoms with Crippen LogP contribution >= 0.6 is 0 Å². The zero-order chi connectivity index (χ0) is 26.2. The van der Waals surface area contributed by atoms with Crippen molar-refractivity contribution in [2.45, 2.75) is 45.3 Å². The van der Waals surface area contributed by atoms with Crippen LogP contribution in [0.15, 0.2) is 23.1 Å². The predicted molar refractivity (Wildman–Crippen MR) is 128 cm³/mol. The van der Waals surface area contributed by atoms with Crippen LogP contribution in [-0.4, -0.2) is 71.1 Å². The summed E-state index contributed by atoms with van der Waals surface area (Å²) in [6.45, 7) is 6.35. The van der Waals surface area contributed by atoms with Gasteiger partial charge in [-0.1, -0.05) is 0 Å². The molecule has 11 nitrogen and oxygen atoms in total. The van der Waals surface area contributed by atoms with Gasteiger partial charge in [-0.25, -0.2) is 14.0 Å². The molecular weight excluding hydrogens is 475 g/mol. The van der Waals surface area contributed by atoms with E-state index in [1.807, 2.05) is 0 Å². The molecule has 2 fully saturated rings. The molecule has 2 aliphatic rings. The van der Waals surface area contributed by atoms with Crippen LogP contribution in [0, 0.1) is 5.82 Å². The molecule has 2 amide bonds. The standard InChI is InChI=1S/C24H29FN4O7/c1-24(2,3)36-22(32)26-12-20(30)28-8-6-27(7-9-28)18-11-17-15(10-16(18)25)21(31)19(35-23(33)34)13-29(17)14-4-5-14/h10-11,13-14H,4-9,12H2,1-3H3,(H,26,32)(H,33,34). The first kappa shape index (κ1) is 25.3. The van der Waals surface area contributed by atoms with Crippen LogP contribution in [0.4, 0.5) is 19.7 Å². The Kier molecular flexibility index (Phi) is 6.79. The molecular formula is C24H29FN4O7. The summed E-state index contributed by atoms with van der Waals surface area (Å²) in [5, 5.41) is 11.4. The van der Waals surface area contributed by atoms with Gasteiger partial charge in [0.2, 0.25) is 11.3 Å². The molecule has 1 saturated carbocycles. The zero-order valence-electron chi connectivity index (χ0n) is 20.4. The summed E-state index contributed by atoms with van der Waals surface area (Å²) in [5.74, 6) is -1.25. The third-order valence-corrected chi connectivity index (χ3v) is 5.96. The molecule has 1 aromatic carbocycles. The van der Waals surface area contributed by atoms with Gasteiger partial charge >= 0.3 is 12.2 Å². The summed E-state index contributed by atoms with van der Waals surface area (Å²) in [6.07, 6.45) is 0.794. The molecule has 1 aromatic heterocycles. The number of amides is 2. The number of hydrogen-bond donors (Lipinski definition) is 2. The van der Waals surface area contributed by atoms with Crippen LogP contribution in [0.3, 0.4) is 0 Å². The Bertz CT molecular complexity index is 1260. The molecule has 12 heteroatoms. The molecule has 2 aromatic rings. The summed E-state index contributed by atoms with van der Waals surface area (Å²) in [4.78, 5) is 51.4. The minimum Gasteiger partial charge on any atom is -0.449 e. The fourth-order valence-electron chi connectivity index (χ4n) is 4.17. The van der Waals surface area contributed by atoms with Gasteiger partial charge in [0.15, 0.2) is 5.75 Å². The lowest BCUT2D eigenvalue weighted by Gasteiger charge is -2.36. The third kappa shape index (κ3) is 5.69. The highest BCUT2D eigenvalue weighted by atomic mass is 19.1. The van der Waals surface area contributed by atoms with E-state index in [0.717, 1.165) is 18.9 Å². The Balaban J connectivity index is 1.48. The minimum atomic E-state index is -1.61. The van der Waals surface area contributed by atoms with Crippen molar-refractivity contribution in [3.05, 3.63) is 34.4 Å². The fraction of sp³-hybridized carbons (Fsp3) is 0.500. The van der Waals surface area contributed by atoms with Crippen LogP contribution in [0.1, 0.15) is 39.7 Å². The molecule has 0 radical (unpaired) electrons. The van der Waals surface area contributed by atoms with Crippen LogP contribution in [0.2, 0.25) is 0 Å². The van der Waals surface area contributed by atoms with E-state index in [-0.39, 0.29) is 29.6 Å². The van der Waals surface area contributed by atoms with Crippen LogP contribution in [-0.2, 0) is 9.53 Å². The summed E-state index contributed by atoms with van der Waals surface area (Å²) in [5.41, 5.74) is -0.570. The van der Waals surface area contributed by atoms with E-state index in [0.29, 0.717) is 37.4 Å². The fourth-order valence-corrected chi connectivity index (χ4v) is 4.17. The van der Waals surface area contributed by atoms with E-state index in [4.69, 9.17) is 9.84 Å². The van der Waals surface area contributed by atoms with Gasteiger partial charge in [0.25, 0.3) is 0 Å². The number of aromatic nitrogens is 1. The molecule has 0 spiro atoms. The zero-order valence-corrected chi connectivity index (χ0v) is 20.4. The van der Waals surface area contributed by atoms with E-state index < -0.39 is 29.1 Å². The van der Waals surface area contributed by atoms with Gasteiger partial charge in [-0.3, -0.25) is 9.59 Å². The normalized spacial score (nSPS) is 16.1. The molecule has 1 aliphatic heterocycles. The first-order chi connectivity index (χ1) is 16.9. The average molecular weight is 505 g/mol. The summed E-state index contributed by atoms with van der Waals surface area (Å²) in [6, 6.07) is 2.79. The number of anilines is 1. The maximum absolute atomic E-state index is 15.1. The molecule has 2 heterocycles. The number of hydrogen-bond acceptors (Lipinski definition) is 7. The van der Waals surface area contributed by atoms with Crippen molar-refractivity contribution in [2.75, 3.05) is 37.6 Å². The highest BCUT2D eigenvalue weighted by Gasteiger charge is 2.29. The van der Waals surface area contributed by atoms with Gasteiger partial charge < -0.3 is 34.3 Å². The topological polar surface area (TPSA) is 130 Å². The second-order valence-corrected chi connectivity index (χ2v) is 9.87. The van der Waals surface area contributed by atoms with E-state index in [2.05, 4.69) is 10.1 Å². The minimum absolute atomic E-state index is 0.0453. The van der Waals surface area contributed by atoms with E-state index in [9.17, 15) is 19.2 Å². The lowest BCUT2D eigenvalue weighted by Crippen LogP contribution is -2.51. The highest BCUT2D eigenvalue weighted by Crippen LogP contribution is 2.39. The van der Waals surface area contributed by atoms with Gasteiger partial charge in [0, 0.05) is 32.2 Å². The van der Waals surface area contributed by atoms with Crippen LogP contribution < -0.4 is 20.4 Å². The molecule has 2 N–H and O–H groups in total. The Morgan fingerprint density at radius 1 is 1.14 bits per heavy atom. The monoisotopic (exact) mass is 504 g/mol. The molecule has 0 bridgehead atoms.